The molecule has 2 heterocycles. The number of para-hydroxylation sites is 2. The predicted molar refractivity (Wildman–Crippen MR) is 138 cm³/mol. The van der Waals surface area contributed by atoms with E-state index in [1.807, 2.05) is 47.4 Å². The van der Waals surface area contributed by atoms with Crippen LogP contribution in [0.1, 0.15) is 22.3 Å². The van der Waals surface area contributed by atoms with Gasteiger partial charge in [0.05, 0.1) is 5.52 Å². The van der Waals surface area contributed by atoms with Crippen LogP contribution in [0, 0.1) is 0 Å². The van der Waals surface area contributed by atoms with Crippen molar-refractivity contribution in [2.45, 2.75) is 12.8 Å². The van der Waals surface area contributed by atoms with E-state index in [2.05, 4.69) is 32.0 Å². The highest BCUT2D eigenvalue weighted by Gasteiger charge is 2.23. The SMILES string of the molecule is O=C(NCCNc1ncnc2ccccc12)Nc1cccc(C(=O)N2CCCc3ccccc32)c1. The average Bonchev–Trinajstić information content (AvgIpc) is 2.90. The lowest BCUT2D eigenvalue weighted by molar-refractivity contribution is 0.0985. The molecular weight excluding hydrogens is 440 g/mol. The Kier molecular flexibility index (Phi) is 6.52. The van der Waals surface area contributed by atoms with Crippen LogP contribution in [0.5, 0.6) is 0 Å². The lowest BCUT2D eigenvalue weighted by atomic mass is 10.0. The molecule has 5 rings (SSSR count). The number of carbonyl (C=O) groups excluding carboxylic acids is 2. The van der Waals surface area contributed by atoms with Crippen molar-refractivity contribution in [3.8, 4) is 0 Å². The predicted octanol–water partition coefficient (Wildman–Crippen LogP) is 4.46. The molecule has 0 bridgehead atoms. The fourth-order valence-electron chi connectivity index (χ4n) is 4.31. The number of nitrogens with zero attached hydrogens (tertiary/aromatic N) is 3. The largest absolute Gasteiger partial charge is 0.368 e. The van der Waals surface area contributed by atoms with Gasteiger partial charge in [-0.3, -0.25) is 4.79 Å². The molecule has 1 aliphatic heterocycles. The number of hydrogen-bond acceptors (Lipinski definition) is 5. The minimum Gasteiger partial charge on any atom is -0.368 e. The molecule has 35 heavy (non-hydrogen) atoms. The minimum absolute atomic E-state index is 0.0671. The van der Waals surface area contributed by atoms with E-state index in [1.165, 1.54) is 11.9 Å². The molecule has 4 aromatic rings. The number of fused-ring (bicyclic) bond motifs is 2. The Morgan fingerprint density at radius 3 is 2.71 bits per heavy atom. The summed E-state index contributed by atoms with van der Waals surface area (Å²) in [6.45, 7) is 1.58. The minimum atomic E-state index is -0.340. The van der Waals surface area contributed by atoms with Gasteiger partial charge in [-0.2, -0.15) is 0 Å². The zero-order chi connectivity index (χ0) is 24.0. The zero-order valence-corrected chi connectivity index (χ0v) is 19.2. The quantitative estimate of drug-likeness (QED) is 0.365. The van der Waals surface area contributed by atoms with Crippen molar-refractivity contribution in [1.82, 2.24) is 15.3 Å². The molecule has 0 fully saturated rings. The van der Waals surface area contributed by atoms with E-state index < -0.39 is 0 Å². The van der Waals surface area contributed by atoms with Crippen molar-refractivity contribution in [3.05, 3.63) is 90.3 Å². The summed E-state index contributed by atoms with van der Waals surface area (Å²) in [6.07, 6.45) is 3.42. The standard InChI is InChI=1S/C27H26N6O2/c34-26(33-16-6-9-19-7-1-4-13-24(19)33)20-8-5-10-21(17-20)32-27(35)29-15-14-28-25-22-11-2-3-12-23(22)30-18-31-25/h1-5,7-8,10-13,17-18H,6,9,14-16H2,(H,28,30,31)(H2,29,32,35). The van der Waals surface area contributed by atoms with Crippen LogP contribution >= 0.6 is 0 Å². The van der Waals surface area contributed by atoms with E-state index >= 15 is 0 Å². The molecule has 3 aromatic carbocycles. The molecule has 3 amide bonds. The number of anilines is 3. The Balaban J connectivity index is 1.16. The molecule has 0 saturated carbocycles. The van der Waals surface area contributed by atoms with Crippen molar-refractivity contribution in [2.24, 2.45) is 0 Å². The fourth-order valence-corrected chi connectivity index (χ4v) is 4.31. The van der Waals surface area contributed by atoms with E-state index in [1.54, 1.807) is 24.3 Å². The number of nitrogens with one attached hydrogen (secondary N) is 3. The molecule has 0 atom stereocenters. The van der Waals surface area contributed by atoms with Gasteiger partial charge in [0.2, 0.25) is 0 Å². The molecule has 176 valence electrons. The van der Waals surface area contributed by atoms with Crippen molar-refractivity contribution in [2.75, 3.05) is 35.2 Å². The highest BCUT2D eigenvalue weighted by molar-refractivity contribution is 6.07. The van der Waals surface area contributed by atoms with Gasteiger partial charge in [-0.05, 0) is 54.8 Å². The first-order chi connectivity index (χ1) is 17.2. The third kappa shape index (κ3) is 5.06. The normalized spacial score (nSPS) is 12.6. The maximum atomic E-state index is 13.2. The summed E-state index contributed by atoms with van der Waals surface area (Å²) in [4.78, 5) is 36.0. The second-order valence-electron chi connectivity index (χ2n) is 8.32. The lowest BCUT2D eigenvalue weighted by Crippen LogP contribution is -2.35. The summed E-state index contributed by atoms with van der Waals surface area (Å²) in [5, 5.41) is 9.80. The number of benzene rings is 3. The number of carbonyl (C=O) groups is 2. The van der Waals surface area contributed by atoms with Crippen LogP contribution in [0.15, 0.2) is 79.1 Å². The van der Waals surface area contributed by atoms with Crippen molar-refractivity contribution in [3.63, 3.8) is 0 Å². The fraction of sp³-hybridized carbons (Fsp3) is 0.185. The summed E-state index contributed by atoms with van der Waals surface area (Å²) in [5.74, 6) is 0.658. The summed E-state index contributed by atoms with van der Waals surface area (Å²) < 4.78 is 0. The molecule has 0 spiro atoms. The maximum Gasteiger partial charge on any atom is 0.319 e. The first-order valence-electron chi connectivity index (χ1n) is 11.7. The van der Waals surface area contributed by atoms with Gasteiger partial charge in [0.15, 0.2) is 0 Å². The Bertz CT molecular complexity index is 1370. The van der Waals surface area contributed by atoms with Gasteiger partial charge in [-0.25, -0.2) is 14.8 Å². The van der Waals surface area contributed by atoms with Gasteiger partial charge < -0.3 is 20.9 Å². The molecular formula is C27H26N6O2. The van der Waals surface area contributed by atoms with Gasteiger partial charge in [0.25, 0.3) is 5.91 Å². The number of hydrogen-bond donors (Lipinski definition) is 3. The van der Waals surface area contributed by atoms with Crippen LogP contribution in [0.3, 0.4) is 0 Å². The molecule has 0 unspecified atom stereocenters. The second kappa shape index (κ2) is 10.2. The summed E-state index contributed by atoms with van der Waals surface area (Å²) >= 11 is 0. The molecule has 1 aromatic heterocycles. The van der Waals surface area contributed by atoms with Crippen LogP contribution < -0.4 is 20.9 Å². The van der Waals surface area contributed by atoms with E-state index in [0.717, 1.165) is 35.2 Å². The average molecular weight is 467 g/mol. The number of amides is 3. The van der Waals surface area contributed by atoms with E-state index in [4.69, 9.17) is 0 Å². The van der Waals surface area contributed by atoms with E-state index in [9.17, 15) is 9.59 Å². The smallest absolute Gasteiger partial charge is 0.319 e. The Morgan fingerprint density at radius 1 is 0.914 bits per heavy atom. The summed E-state index contributed by atoms with van der Waals surface area (Å²) in [7, 11) is 0. The summed E-state index contributed by atoms with van der Waals surface area (Å²) in [5.41, 5.74) is 4.11. The van der Waals surface area contributed by atoms with Gasteiger partial charge in [0.1, 0.15) is 12.1 Å². The third-order valence-electron chi connectivity index (χ3n) is 5.97. The van der Waals surface area contributed by atoms with E-state index in [-0.39, 0.29) is 11.9 Å². The second-order valence-corrected chi connectivity index (χ2v) is 8.32. The first-order valence-corrected chi connectivity index (χ1v) is 11.7. The number of aromatic nitrogens is 2. The molecule has 8 nitrogen and oxygen atoms in total. The number of rotatable bonds is 6. The number of urea groups is 1. The number of aryl methyl sites for hydroxylation is 1. The monoisotopic (exact) mass is 466 g/mol. The summed E-state index contributed by atoms with van der Waals surface area (Å²) in [6, 6.07) is 22.5. The molecule has 0 saturated heterocycles. The zero-order valence-electron chi connectivity index (χ0n) is 19.2. The van der Waals surface area contributed by atoms with Gasteiger partial charge in [-0.15, -0.1) is 0 Å². The van der Waals surface area contributed by atoms with Crippen LogP contribution in [0.2, 0.25) is 0 Å². The van der Waals surface area contributed by atoms with Gasteiger partial charge in [-0.1, -0.05) is 36.4 Å². The Labute approximate surface area is 203 Å². The van der Waals surface area contributed by atoms with Crippen LogP contribution in [-0.4, -0.2) is 41.5 Å². The topological polar surface area (TPSA) is 99.2 Å². The van der Waals surface area contributed by atoms with Crippen molar-refractivity contribution < 1.29 is 9.59 Å². The van der Waals surface area contributed by atoms with Gasteiger partial charge in [0, 0.05) is 42.0 Å². The molecule has 8 heteroatoms. The first kappa shape index (κ1) is 22.3. The van der Waals surface area contributed by atoms with Gasteiger partial charge >= 0.3 is 6.03 Å². The highest BCUT2D eigenvalue weighted by atomic mass is 16.2. The lowest BCUT2D eigenvalue weighted by Gasteiger charge is -2.29. The van der Waals surface area contributed by atoms with Crippen LogP contribution in [-0.2, 0) is 6.42 Å². The van der Waals surface area contributed by atoms with Crippen LogP contribution in [0.25, 0.3) is 10.9 Å². The molecule has 1 aliphatic rings. The van der Waals surface area contributed by atoms with Crippen LogP contribution in [0.4, 0.5) is 22.0 Å². The molecule has 3 N–H and O–H groups in total. The maximum absolute atomic E-state index is 13.2. The van der Waals surface area contributed by atoms with E-state index in [0.29, 0.717) is 30.9 Å². The molecule has 0 radical (unpaired) electrons. The third-order valence-corrected chi connectivity index (χ3v) is 5.97. The Morgan fingerprint density at radius 2 is 1.77 bits per heavy atom. The molecule has 0 aliphatic carbocycles. The van der Waals surface area contributed by atoms with Crippen molar-refractivity contribution >= 4 is 40.0 Å². The Hall–Kier alpha value is -4.46. The highest BCUT2D eigenvalue weighted by Crippen LogP contribution is 2.28. The van der Waals surface area contributed by atoms with Crippen molar-refractivity contribution in [1.29, 1.82) is 0 Å².